The van der Waals surface area contributed by atoms with Crippen molar-refractivity contribution in [3.8, 4) is 16.9 Å². The number of ether oxygens (including phenoxy) is 1. The van der Waals surface area contributed by atoms with Crippen molar-refractivity contribution in [2.24, 2.45) is 0 Å². The van der Waals surface area contributed by atoms with Gasteiger partial charge in [-0.15, -0.1) is 0 Å². The smallest absolute Gasteiger partial charge is 0.164 e. The van der Waals surface area contributed by atoms with E-state index in [2.05, 4.69) is 67.5 Å². The number of aliphatic hydroxyl groups excluding tert-OH is 5. The van der Waals surface area contributed by atoms with Gasteiger partial charge in [-0.25, -0.2) is 0 Å². The Morgan fingerprint density at radius 3 is 2.47 bits per heavy atom. The van der Waals surface area contributed by atoms with Gasteiger partial charge in [0.2, 0.25) is 0 Å². The molecule has 0 bridgehead atoms. The van der Waals surface area contributed by atoms with Gasteiger partial charge in [0.25, 0.3) is 0 Å². The summed E-state index contributed by atoms with van der Waals surface area (Å²) < 4.78 is 6.29. The maximum atomic E-state index is 12.3. The van der Waals surface area contributed by atoms with Crippen LogP contribution in [0.4, 0.5) is 0 Å². The number of unbranched alkanes of at least 4 members (excludes halogenated alkanes) is 2. The number of aryl methyl sites for hydroxylation is 2. The van der Waals surface area contributed by atoms with E-state index in [1.54, 1.807) is 0 Å². The first kappa shape index (κ1) is 35.2. The summed E-state index contributed by atoms with van der Waals surface area (Å²) in [6.45, 7) is 3.65. The number of aromatic nitrogens is 1. The van der Waals surface area contributed by atoms with Gasteiger partial charge in [0.15, 0.2) is 5.78 Å². The van der Waals surface area contributed by atoms with Crippen LogP contribution >= 0.6 is 0 Å². The highest BCUT2D eigenvalue weighted by atomic mass is 16.5. The van der Waals surface area contributed by atoms with Gasteiger partial charge in [0, 0.05) is 24.4 Å². The Labute approximate surface area is 278 Å². The molecule has 8 heteroatoms. The summed E-state index contributed by atoms with van der Waals surface area (Å²) in [6, 6.07) is 17.4. The lowest BCUT2D eigenvalue weighted by molar-refractivity contribution is -0.147. The van der Waals surface area contributed by atoms with Crippen LogP contribution in [0.25, 0.3) is 11.1 Å². The third kappa shape index (κ3) is 8.86. The standard InChI is InChI=1S/C39H51NO7/c1-25(8-4-3-5-10-33(42)36(44)38(46)37(45)34(43)24-41)27-13-12-26(2)28(22-27)16-18-39(19-20-39)32-23-40-21-17-30(32)31-9-6-7-11-35(31)47-29-14-15-29/h6-7,9,11-13,17,21-23,25,29,34,36-38,41,43-46H,3-5,8,10,14-16,18-20,24H2,1-2H3/t25?,34-,36+,37+,38+/m0/s1. The number of pyridine rings is 1. The van der Waals surface area contributed by atoms with Crippen LogP contribution in [0.1, 0.15) is 99.3 Å². The van der Waals surface area contributed by atoms with Crippen molar-refractivity contribution in [2.45, 2.75) is 126 Å². The number of carbonyl (C=O) groups excluding carboxylic acids is 1. The predicted octanol–water partition coefficient (Wildman–Crippen LogP) is 5.32. The Morgan fingerprint density at radius 2 is 1.74 bits per heavy atom. The number of para-hydroxylation sites is 1. The van der Waals surface area contributed by atoms with Crippen LogP contribution in [0.3, 0.4) is 0 Å². The molecular weight excluding hydrogens is 594 g/mol. The Balaban J connectivity index is 1.14. The van der Waals surface area contributed by atoms with E-state index in [-0.39, 0.29) is 11.8 Å². The van der Waals surface area contributed by atoms with Crippen molar-refractivity contribution in [1.82, 2.24) is 4.98 Å². The van der Waals surface area contributed by atoms with Gasteiger partial charge in [-0.3, -0.25) is 9.78 Å². The quantitative estimate of drug-likeness (QED) is 0.110. The van der Waals surface area contributed by atoms with E-state index in [0.29, 0.717) is 18.4 Å². The highest BCUT2D eigenvalue weighted by Crippen LogP contribution is 2.55. The number of aliphatic hydroxyl groups is 5. The second-order valence-electron chi connectivity index (χ2n) is 13.8. The number of Topliss-reactive ketones (excluding diaryl/α,β-unsaturated/α-hetero) is 1. The van der Waals surface area contributed by atoms with E-state index < -0.39 is 36.8 Å². The fourth-order valence-electron chi connectivity index (χ4n) is 6.61. The number of benzene rings is 2. The molecule has 3 aromatic rings. The van der Waals surface area contributed by atoms with E-state index in [1.165, 1.54) is 27.8 Å². The van der Waals surface area contributed by atoms with Gasteiger partial charge in [-0.2, -0.15) is 0 Å². The molecule has 5 rings (SSSR count). The number of nitrogens with zero attached hydrogens (tertiary/aromatic N) is 1. The van der Waals surface area contributed by atoms with Crippen LogP contribution in [0.15, 0.2) is 60.9 Å². The summed E-state index contributed by atoms with van der Waals surface area (Å²) >= 11 is 0. The molecule has 0 aliphatic heterocycles. The van der Waals surface area contributed by atoms with Crippen LogP contribution in [0.2, 0.25) is 0 Å². The molecule has 1 unspecified atom stereocenters. The first-order valence-corrected chi connectivity index (χ1v) is 17.3. The molecule has 0 saturated heterocycles. The number of rotatable bonds is 19. The average Bonchev–Trinajstić information content (AvgIpc) is 4.04. The van der Waals surface area contributed by atoms with Crippen LogP contribution < -0.4 is 4.74 Å². The van der Waals surface area contributed by atoms with Crippen molar-refractivity contribution in [3.63, 3.8) is 0 Å². The molecular formula is C39H51NO7. The zero-order chi connectivity index (χ0) is 33.6. The molecule has 47 heavy (non-hydrogen) atoms. The summed E-state index contributed by atoms with van der Waals surface area (Å²) in [5.41, 5.74) is 7.85. The average molecular weight is 646 g/mol. The van der Waals surface area contributed by atoms with Gasteiger partial charge >= 0.3 is 0 Å². The van der Waals surface area contributed by atoms with Gasteiger partial charge in [-0.05, 0) is 110 Å². The van der Waals surface area contributed by atoms with E-state index in [9.17, 15) is 25.2 Å². The highest BCUT2D eigenvalue weighted by molar-refractivity contribution is 5.83. The van der Waals surface area contributed by atoms with E-state index in [4.69, 9.17) is 9.84 Å². The maximum absolute atomic E-state index is 12.3. The number of ketones is 1. The zero-order valence-electron chi connectivity index (χ0n) is 27.7. The Kier molecular flexibility index (Phi) is 11.9. The topological polar surface area (TPSA) is 140 Å². The monoisotopic (exact) mass is 645 g/mol. The molecule has 0 radical (unpaired) electrons. The van der Waals surface area contributed by atoms with Gasteiger partial charge in [-0.1, -0.05) is 56.2 Å². The minimum Gasteiger partial charge on any atom is -0.490 e. The lowest BCUT2D eigenvalue weighted by atomic mass is 9.84. The molecule has 254 valence electrons. The predicted molar refractivity (Wildman–Crippen MR) is 181 cm³/mol. The first-order valence-electron chi connectivity index (χ1n) is 17.3. The highest BCUT2D eigenvalue weighted by Gasteiger charge is 2.45. The van der Waals surface area contributed by atoms with Crippen LogP contribution in [0.5, 0.6) is 5.75 Å². The minimum atomic E-state index is -1.84. The van der Waals surface area contributed by atoms with Crippen molar-refractivity contribution in [2.75, 3.05) is 6.61 Å². The van der Waals surface area contributed by atoms with Crippen molar-refractivity contribution >= 4 is 5.78 Å². The summed E-state index contributed by atoms with van der Waals surface area (Å²) in [5, 5.41) is 48.1. The third-order valence-electron chi connectivity index (χ3n) is 10.2. The second-order valence-corrected chi connectivity index (χ2v) is 13.8. The molecule has 2 aliphatic carbocycles. The van der Waals surface area contributed by atoms with Gasteiger partial charge < -0.3 is 30.3 Å². The molecule has 0 amide bonds. The maximum Gasteiger partial charge on any atom is 0.164 e. The summed E-state index contributed by atoms with van der Waals surface area (Å²) in [6.07, 6.45) is 7.21. The van der Waals surface area contributed by atoms with E-state index in [1.807, 2.05) is 12.3 Å². The summed E-state index contributed by atoms with van der Waals surface area (Å²) in [4.78, 5) is 16.8. The summed E-state index contributed by atoms with van der Waals surface area (Å²) in [7, 11) is 0. The molecule has 8 nitrogen and oxygen atoms in total. The van der Waals surface area contributed by atoms with Gasteiger partial charge in [0.05, 0.1) is 12.7 Å². The molecule has 5 N–H and O–H groups in total. The van der Waals surface area contributed by atoms with Crippen molar-refractivity contribution in [1.29, 1.82) is 0 Å². The van der Waals surface area contributed by atoms with Crippen molar-refractivity contribution in [3.05, 3.63) is 83.2 Å². The SMILES string of the molecule is Cc1ccc(C(C)CCCCCC(=O)[C@@H](O)[C@@H](O)[C@H](O)[C@@H](O)CO)cc1CCC1(c2cnccc2-c2ccccc2OC2CC2)CC1. The van der Waals surface area contributed by atoms with Crippen molar-refractivity contribution < 1.29 is 35.1 Å². The molecule has 2 aromatic carbocycles. The minimum absolute atomic E-state index is 0.0722. The molecule has 0 spiro atoms. The molecule has 2 saturated carbocycles. The molecule has 1 aromatic heterocycles. The number of hydrogen-bond donors (Lipinski definition) is 5. The van der Waals surface area contributed by atoms with Crippen LogP contribution in [-0.4, -0.2) is 73.4 Å². The Bertz CT molecular complexity index is 1480. The zero-order valence-corrected chi connectivity index (χ0v) is 27.7. The largest absolute Gasteiger partial charge is 0.490 e. The van der Waals surface area contributed by atoms with Gasteiger partial charge in [0.1, 0.15) is 30.2 Å². The molecule has 1 heterocycles. The lowest BCUT2D eigenvalue weighted by Gasteiger charge is -2.24. The first-order chi connectivity index (χ1) is 22.6. The third-order valence-corrected chi connectivity index (χ3v) is 10.2. The van der Waals surface area contributed by atoms with Crippen LogP contribution in [-0.2, 0) is 16.6 Å². The molecule has 2 aliphatic rings. The summed E-state index contributed by atoms with van der Waals surface area (Å²) in [5.74, 6) is 0.740. The molecule has 2 fully saturated rings. The Hall–Kier alpha value is -3.14. The number of hydrogen-bond acceptors (Lipinski definition) is 8. The lowest BCUT2D eigenvalue weighted by Crippen LogP contribution is -2.48. The molecule has 5 atom stereocenters. The van der Waals surface area contributed by atoms with E-state index >= 15 is 0 Å². The fourth-order valence-corrected chi connectivity index (χ4v) is 6.61. The van der Waals surface area contributed by atoms with Crippen LogP contribution in [0, 0.1) is 6.92 Å². The Morgan fingerprint density at radius 1 is 0.979 bits per heavy atom. The van der Waals surface area contributed by atoms with E-state index in [0.717, 1.165) is 69.1 Å². The fraction of sp³-hybridized carbons (Fsp3) is 0.538. The normalized spacial score (nSPS) is 18.6. The number of carbonyl (C=O) groups is 1. The second kappa shape index (κ2) is 15.8.